The monoisotopic (exact) mass is 572 g/mol. The van der Waals surface area contributed by atoms with Gasteiger partial charge in [0.1, 0.15) is 24.4 Å². The van der Waals surface area contributed by atoms with Gasteiger partial charge in [0.2, 0.25) is 6.79 Å². The molecule has 220 valence electrons. The first kappa shape index (κ1) is 26.7. The van der Waals surface area contributed by atoms with E-state index in [0.29, 0.717) is 22.6 Å². The molecular weight excluding hydrogens is 540 g/mol. The number of cyclic esters (lactones) is 1. The second kappa shape index (κ2) is 10.0. The first-order chi connectivity index (χ1) is 19.7. The molecular formula is C29H32O12. The number of aryl methyl sites for hydroxylation is 1. The number of ether oxygens (including phenoxy) is 8. The van der Waals surface area contributed by atoms with Crippen LogP contribution < -0.4 is 14.2 Å². The number of carbonyl (C=O) groups is 1. The van der Waals surface area contributed by atoms with Crippen LogP contribution in [0.4, 0.5) is 0 Å². The lowest BCUT2D eigenvalue weighted by Gasteiger charge is -2.47. The molecule has 12 heteroatoms. The second-order valence-corrected chi connectivity index (χ2v) is 11.1. The Morgan fingerprint density at radius 2 is 1.71 bits per heavy atom. The van der Waals surface area contributed by atoms with E-state index in [4.69, 9.17) is 37.9 Å². The average Bonchev–Trinajstić information content (AvgIpc) is 3.58. The number of esters is 1. The van der Waals surface area contributed by atoms with E-state index in [9.17, 15) is 20.1 Å². The number of carbonyl (C=O) groups excluding carboxylic acids is 1. The molecule has 0 bridgehead atoms. The van der Waals surface area contributed by atoms with E-state index < -0.39 is 66.8 Å². The molecule has 0 spiro atoms. The SMILES string of the molecule is COc1cc([C@@H]2c3cc4c(cc3C(OC3O[C@@H]5CO[C@@H](C)O[C@H]5[C@H](O)[C@H]3O)[C@H]3COC(=O)[C@H]23)OCO4)cc(C)c1O. The van der Waals surface area contributed by atoms with Gasteiger partial charge in [0, 0.05) is 11.8 Å². The van der Waals surface area contributed by atoms with Gasteiger partial charge in [-0.05, 0) is 54.3 Å². The topological polar surface area (TPSA) is 152 Å². The standard InChI is InChI=1S/C29H32O12/c1-11-4-13(5-19(34-3)23(11)30)21-14-6-17-18(38-10-37-17)7-15(14)26(16-8-36-28(33)22(16)21)41-29-25(32)24(31)27-20(40-29)9-35-12(2)39-27/h4-7,12,16,20-22,24-27,29-32H,8-10H2,1-3H3/t12-,16+,20-,21-,22+,24-,25-,26?,27-,29?/m1/s1. The highest BCUT2D eigenvalue weighted by Gasteiger charge is 2.56. The molecule has 4 aliphatic heterocycles. The maximum atomic E-state index is 13.3. The summed E-state index contributed by atoms with van der Waals surface area (Å²) in [5.41, 5.74) is 2.80. The number of aliphatic hydroxyl groups excluding tert-OH is 2. The molecule has 12 nitrogen and oxygen atoms in total. The minimum atomic E-state index is -1.42. The summed E-state index contributed by atoms with van der Waals surface area (Å²) >= 11 is 0. The van der Waals surface area contributed by atoms with E-state index >= 15 is 0 Å². The molecule has 2 aromatic rings. The Bertz CT molecular complexity index is 1360. The summed E-state index contributed by atoms with van der Waals surface area (Å²) in [6.45, 7) is 3.76. The van der Waals surface area contributed by atoms with Gasteiger partial charge in [0.15, 0.2) is 35.6 Å². The van der Waals surface area contributed by atoms with Crippen LogP contribution >= 0.6 is 0 Å². The summed E-state index contributed by atoms with van der Waals surface area (Å²) in [4.78, 5) is 13.3. The van der Waals surface area contributed by atoms with Crippen molar-refractivity contribution in [1.82, 2.24) is 0 Å². The highest BCUT2D eigenvalue weighted by molar-refractivity contribution is 5.79. The van der Waals surface area contributed by atoms with Gasteiger partial charge < -0.3 is 53.2 Å². The molecule has 3 N–H and O–H groups in total. The summed E-state index contributed by atoms with van der Waals surface area (Å²) < 4.78 is 46.2. The molecule has 0 radical (unpaired) electrons. The predicted molar refractivity (Wildman–Crippen MR) is 137 cm³/mol. The number of methoxy groups -OCH3 is 1. The minimum absolute atomic E-state index is 0.0232. The molecule has 5 aliphatic rings. The molecule has 7 rings (SSSR count). The van der Waals surface area contributed by atoms with Gasteiger partial charge in [-0.25, -0.2) is 0 Å². The number of hydrogen-bond donors (Lipinski definition) is 3. The number of phenols is 1. The highest BCUT2D eigenvalue weighted by Crippen LogP contribution is 2.56. The minimum Gasteiger partial charge on any atom is -0.504 e. The van der Waals surface area contributed by atoms with Gasteiger partial charge in [0.05, 0.1) is 32.3 Å². The van der Waals surface area contributed by atoms with Gasteiger partial charge in [0.25, 0.3) is 0 Å². The number of phenolic OH excluding ortho intramolecular Hbond substituents is 1. The third-order valence-electron chi connectivity index (χ3n) is 8.75. The van der Waals surface area contributed by atoms with Gasteiger partial charge in [-0.3, -0.25) is 4.79 Å². The summed E-state index contributed by atoms with van der Waals surface area (Å²) in [5.74, 6) is -0.652. The first-order valence-electron chi connectivity index (χ1n) is 13.7. The Balaban J connectivity index is 1.31. The molecule has 3 saturated heterocycles. The number of benzene rings is 2. The lowest BCUT2D eigenvalue weighted by atomic mass is 9.66. The molecule has 0 aromatic heterocycles. The zero-order valence-electron chi connectivity index (χ0n) is 22.7. The van der Waals surface area contributed by atoms with Crippen LogP contribution in [0.5, 0.6) is 23.0 Å². The summed E-state index contributed by atoms with van der Waals surface area (Å²) in [6, 6.07) is 7.21. The molecule has 2 aromatic carbocycles. The van der Waals surface area contributed by atoms with Crippen molar-refractivity contribution in [3.05, 3.63) is 46.5 Å². The predicted octanol–water partition coefficient (Wildman–Crippen LogP) is 1.64. The van der Waals surface area contributed by atoms with Gasteiger partial charge >= 0.3 is 5.97 Å². The number of aliphatic hydroxyl groups is 2. The van der Waals surface area contributed by atoms with Crippen molar-refractivity contribution in [2.24, 2.45) is 11.8 Å². The Morgan fingerprint density at radius 1 is 0.951 bits per heavy atom. The second-order valence-electron chi connectivity index (χ2n) is 11.1. The number of hydrogen-bond acceptors (Lipinski definition) is 12. The van der Waals surface area contributed by atoms with Crippen LogP contribution in [0.25, 0.3) is 0 Å². The smallest absolute Gasteiger partial charge is 0.310 e. The van der Waals surface area contributed by atoms with Crippen LogP contribution in [0, 0.1) is 18.8 Å². The fourth-order valence-electron chi connectivity index (χ4n) is 6.75. The van der Waals surface area contributed by atoms with Crippen LogP contribution in [0.3, 0.4) is 0 Å². The number of rotatable bonds is 4. The molecule has 1 aliphatic carbocycles. The Hall–Kier alpha value is -3.13. The van der Waals surface area contributed by atoms with E-state index in [1.807, 2.05) is 18.2 Å². The van der Waals surface area contributed by atoms with E-state index in [1.54, 1.807) is 19.9 Å². The molecule has 10 atom stereocenters. The molecule has 0 amide bonds. The van der Waals surface area contributed by atoms with E-state index in [1.165, 1.54) is 7.11 Å². The van der Waals surface area contributed by atoms with Crippen LogP contribution in [-0.2, 0) is 28.5 Å². The zero-order chi connectivity index (χ0) is 28.6. The van der Waals surface area contributed by atoms with Crippen molar-refractivity contribution in [2.75, 3.05) is 27.1 Å². The lowest BCUT2D eigenvalue weighted by Crippen LogP contribution is -2.63. The molecule has 0 saturated carbocycles. The lowest BCUT2D eigenvalue weighted by molar-refractivity contribution is -0.364. The third kappa shape index (κ3) is 4.24. The third-order valence-corrected chi connectivity index (χ3v) is 8.75. The molecule has 41 heavy (non-hydrogen) atoms. The Kier molecular flexibility index (Phi) is 6.53. The van der Waals surface area contributed by atoms with Gasteiger partial charge in [-0.2, -0.15) is 0 Å². The molecule has 4 heterocycles. The van der Waals surface area contributed by atoms with Crippen molar-refractivity contribution in [3.8, 4) is 23.0 Å². The zero-order valence-corrected chi connectivity index (χ0v) is 22.7. The van der Waals surface area contributed by atoms with Crippen LogP contribution in [0.1, 0.15) is 41.2 Å². The van der Waals surface area contributed by atoms with E-state index in [-0.39, 0.29) is 31.5 Å². The van der Waals surface area contributed by atoms with Gasteiger partial charge in [-0.15, -0.1) is 0 Å². The summed E-state index contributed by atoms with van der Waals surface area (Å²) in [7, 11) is 1.47. The fraction of sp³-hybridized carbons (Fsp3) is 0.552. The Labute approximate surface area is 235 Å². The maximum absolute atomic E-state index is 13.3. The van der Waals surface area contributed by atoms with Crippen molar-refractivity contribution < 1.29 is 58.0 Å². The van der Waals surface area contributed by atoms with Crippen molar-refractivity contribution in [3.63, 3.8) is 0 Å². The van der Waals surface area contributed by atoms with Crippen molar-refractivity contribution >= 4 is 5.97 Å². The molecule has 2 unspecified atom stereocenters. The van der Waals surface area contributed by atoms with Crippen molar-refractivity contribution in [2.45, 2.75) is 62.9 Å². The molecule has 3 fully saturated rings. The van der Waals surface area contributed by atoms with Crippen LogP contribution in [0.15, 0.2) is 24.3 Å². The van der Waals surface area contributed by atoms with E-state index in [2.05, 4.69) is 0 Å². The van der Waals surface area contributed by atoms with Crippen LogP contribution in [-0.4, -0.2) is 85.4 Å². The largest absolute Gasteiger partial charge is 0.504 e. The quantitative estimate of drug-likeness (QED) is 0.457. The summed E-state index contributed by atoms with van der Waals surface area (Å²) in [5, 5.41) is 32.4. The average molecular weight is 573 g/mol. The van der Waals surface area contributed by atoms with Gasteiger partial charge in [-0.1, -0.05) is 6.07 Å². The number of fused-ring (bicyclic) bond motifs is 4. The first-order valence-corrected chi connectivity index (χ1v) is 13.7. The Morgan fingerprint density at radius 3 is 2.46 bits per heavy atom. The maximum Gasteiger partial charge on any atom is 0.310 e. The highest BCUT2D eigenvalue weighted by atomic mass is 16.8. The van der Waals surface area contributed by atoms with Crippen molar-refractivity contribution in [1.29, 1.82) is 0 Å². The van der Waals surface area contributed by atoms with Crippen LogP contribution in [0.2, 0.25) is 0 Å². The summed E-state index contributed by atoms with van der Waals surface area (Å²) in [6.07, 6.45) is -6.68. The number of aromatic hydroxyl groups is 1. The van der Waals surface area contributed by atoms with E-state index in [0.717, 1.165) is 11.1 Å². The normalized spacial score (nSPS) is 37.1. The fourth-order valence-corrected chi connectivity index (χ4v) is 6.75.